The third-order valence-corrected chi connectivity index (χ3v) is 3.76. The zero-order valence-electron chi connectivity index (χ0n) is 14.0. The molecule has 1 aromatic heterocycles. The van der Waals surface area contributed by atoms with Crippen LogP contribution in [-0.2, 0) is 6.54 Å². The van der Waals surface area contributed by atoms with Gasteiger partial charge >= 0.3 is 0 Å². The average Bonchev–Trinajstić information content (AvgIpc) is 3.15. The summed E-state index contributed by atoms with van der Waals surface area (Å²) >= 11 is 0. The van der Waals surface area contributed by atoms with Crippen molar-refractivity contribution in [3.8, 4) is 5.75 Å². The highest BCUT2D eigenvalue weighted by Crippen LogP contribution is 2.29. The fourth-order valence-corrected chi connectivity index (χ4v) is 2.44. The molecule has 132 valence electrons. The monoisotopic (exact) mass is 352 g/mol. The number of nitro groups is 1. The number of aromatic nitrogens is 2. The van der Waals surface area contributed by atoms with E-state index in [0.717, 1.165) is 5.56 Å². The summed E-state index contributed by atoms with van der Waals surface area (Å²) in [5.41, 5.74) is 1.55. The van der Waals surface area contributed by atoms with Crippen LogP contribution in [0, 0.1) is 10.1 Å². The molecule has 0 saturated carbocycles. The maximum atomic E-state index is 12.4. The summed E-state index contributed by atoms with van der Waals surface area (Å²) in [6.45, 7) is 0.605. The van der Waals surface area contributed by atoms with Crippen LogP contribution in [0.2, 0.25) is 0 Å². The molecule has 8 nitrogen and oxygen atoms in total. The number of carbonyl (C=O) groups excluding carboxylic acids is 1. The molecule has 0 saturated heterocycles. The highest BCUT2D eigenvalue weighted by atomic mass is 16.6. The van der Waals surface area contributed by atoms with E-state index < -0.39 is 4.92 Å². The topological polar surface area (TPSA) is 99.3 Å². The molecule has 0 aliphatic rings. The standard InChI is InChI=1S/C18H16N4O4/c1-26-17-8-7-15(22(24)25)11-16(17)20-18(23)14-5-3-13(4-6-14)12-21-10-2-9-19-21/h2-11H,12H2,1H3,(H,20,23). The van der Waals surface area contributed by atoms with Gasteiger partial charge in [0.2, 0.25) is 0 Å². The first-order chi connectivity index (χ1) is 12.6. The highest BCUT2D eigenvalue weighted by molar-refractivity contribution is 6.05. The number of ether oxygens (including phenoxy) is 1. The van der Waals surface area contributed by atoms with Crippen LogP contribution in [0.25, 0.3) is 0 Å². The second kappa shape index (κ2) is 7.47. The van der Waals surface area contributed by atoms with Crippen LogP contribution in [-0.4, -0.2) is 27.7 Å². The smallest absolute Gasteiger partial charge is 0.271 e. The van der Waals surface area contributed by atoms with E-state index >= 15 is 0 Å². The number of nitrogens with zero attached hydrogens (tertiary/aromatic N) is 3. The molecule has 0 atom stereocenters. The molecule has 1 amide bonds. The van der Waals surface area contributed by atoms with E-state index in [1.165, 1.54) is 25.3 Å². The molecule has 0 fully saturated rings. The number of benzene rings is 2. The zero-order valence-corrected chi connectivity index (χ0v) is 14.0. The highest BCUT2D eigenvalue weighted by Gasteiger charge is 2.14. The molecule has 8 heteroatoms. The van der Waals surface area contributed by atoms with Gasteiger partial charge in [0.1, 0.15) is 5.75 Å². The molecule has 0 spiro atoms. The van der Waals surface area contributed by atoms with Crippen molar-refractivity contribution in [1.82, 2.24) is 9.78 Å². The number of anilines is 1. The molecule has 0 bridgehead atoms. The van der Waals surface area contributed by atoms with E-state index in [1.54, 1.807) is 23.0 Å². The summed E-state index contributed by atoms with van der Waals surface area (Å²) in [5, 5.41) is 17.7. The van der Waals surface area contributed by atoms with E-state index in [1.807, 2.05) is 24.4 Å². The molecule has 0 unspecified atom stereocenters. The number of methoxy groups -OCH3 is 1. The average molecular weight is 352 g/mol. The minimum atomic E-state index is -0.529. The molecule has 3 rings (SSSR count). The van der Waals surface area contributed by atoms with Gasteiger partial charge in [-0.2, -0.15) is 5.10 Å². The van der Waals surface area contributed by atoms with Crippen molar-refractivity contribution in [2.24, 2.45) is 0 Å². The molecule has 26 heavy (non-hydrogen) atoms. The van der Waals surface area contributed by atoms with Gasteiger partial charge in [0, 0.05) is 30.1 Å². The van der Waals surface area contributed by atoms with Crippen LogP contribution in [0.3, 0.4) is 0 Å². The van der Waals surface area contributed by atoms with Crippen LogP contribution in [0.5, 0.6) is 5.75 Å². The Morgan fingerprint density at radius 3 is 2.65 bits per heavy atom. The van der Waals surface area contributed by atoms with Crippen molar-refractivity contribution in [3.63, 3.8) is 0 Å². The SMILES string of the molecule is COc1ccc([N+](=O)[O-])cc1NC(=O)c1ccc(Cn2cccn2)cc1. The van der Waals surface area contributed by atoms with Gasteiger partial charge in [0.15, 0.2) is 0 Å². The number of amides is 1. The first-order valence-corrected chi connectivity index (χ1v) is 7.77. The molecule has 0 aliphatic carbocycles. The fraction of sp³-hybridized carbons (Fsp3) is 0.111. The summed E-state index contributed by atoms with van der Waals surface area (Å²) < 4.78 is 6.93. The third-order valence-electron chi connectivity index (χ3n) is 3.76. The van der Waals surface area contributed by atoms with Gasteiger partial charge in [0.05, 0.1) is 24.3 Å². The number of carbonyl (C=O) groups is 1. The number of hydrogen-bond donors (Lipinski definition) is 1. The lowest BCUT2D eigenvalue weighted by molar-refractivity contribution is -0.384. The minimum Gasteiger partial charge on any atom is -0.495 e. The van der Waals surface area contributed by atoms with Gasteiger partial charge in [0.25, 0.3) is 11.6 Å². The van der Waals surface area contributed by atoms with E-state index in [0.29, 0.717) is 17.9 Å². The van der Waals surface area contributed by atoms with Gasteiger partial charge in [-0.3, -0.25) is 19.6 Å². The summed E-state index contributed by atoms with van der Waals surface area (Å²) in [7, 11) is 1.43. The second-order valence-electron chi connectivity index (χ2n) is 5.50. The van der Waals surface area contributed by atoms with Gasteiger partial charge in [-0.05, 0) is 29.8 Å². The van der Waals surface area contributed by atoms with E-state index in [9.17, 15) is 14.9 Å². The van der Waals surface area contributed by atoms with Gasteiger partial charge in [-0.1, -0.05) is 12.1 Å². The van der Waals surface area contributed by atoms with E-state index in [2.05, 4.69) is 10.4 Å². The van der Waals surface area contributed by atoms with Gasteiger partial charge < -0.3 is 10.1 Å². The molecule has 3 aromatic rings. The quantitative estimate of drug-likeness (QED) is 0.543. The Balaban J connectivity index is 1.75. The lowest BCUT2D eigenvalue weighted by Crippen LogP contribution is -2.13. The molecule has 2 aromatic carbocycles. The molecule has 1 heterocycles. The Morgan fingerprint density at radius 2 is 2.04 bits per heavy atom. The molecule has 1 N–H and O–H groups in total. The first-order valence-electron chi connectivity index (χ1n) is 7.77. The van der Waals surface area contributed by atoms with Crippen molar-refractivity contribution < 1.29 is 14.5 Å². The van der Waals surface area contributed by atoms with Crippen LogP contribution < -0.4 is 10.1 Å². The van der Waals surface area contributed by atoms with Crippen molar-refractivity contribution >= 4 is 17.3 Å². The van der Waals surface area contributed by atoms with Gasteiger partial charge in [-0.15, -0.1) is 0 Å². The van der Waals surface area contributed by atoms with Crippen LogP contribution in [0.15, 0.2) is 60.9 Å². The summed E-state index contributed by atoms with van der Waals surface area (Å²) in [5.74, 6) is -0.0336. The van der Waals surface area contributed by atoms with E-state index in [-0.39, 0.29) is 17.3 Å². The predicted molar refractivity (Wildman–Crippen MR) is 95.4 cm³/mol. The molecule has 0 aliphatic heterocycles. The molecular formula is C18H16N4O4. The maximum Gasteiger partial charge on any atom is 0.271 e. The Morgan fingerprint density at radius 1 is 1.27 bits per heavy atom. The zero-order chi connectivity index (χ0) is 18.5. The Labute approximate surface area is 149 Å². The largest absolute Gasteiger partial charge is 0.495 e. The summed E-state index contributed by atoms with van der Waals surface area (Å²) in [6.07, 6.45) is 3.56. The number of nitrogens with one attached hydrogen (secondary N) is 1. The summed E-state index contributed by atoms with van der Waals surface area (Å²) in [4.78, 5) is 22.8. The number of rotatable bonds is 6. The Hall–Kier alpha value is -3.68. The lowest BCUT2D eigenvalue weighted by atomic mass is 10.1. The number of hydrogen-bond acceptors (Lipinski definition) is 5. The number of non-ortho nitro benzene ring substituents is 1. The van der Waals surface area contributed by atoms with Crippen molar-refractivity contribution in [3.05, 3.63) is 82.2 Å². The fourth-order valence-electron chi connectivity index (χ4n) is 2.44. The number of nitro benzene ring substituents is 1. The predicted octanol–water partition coefficient (Wildman–Crippen LogP) is 3.10. The Kier molecular flexibility index (Phi) is 4.93. The van der Waals surface area contributed by atoms with Crippen molar-refractivity contribution in [2.45, 2.75) is 6.54 Å². The third kappa shape index (κ3) is 3.86. The van der Waals surface area contributed by atoms with Crippen molar-refractivity contribution in [1.29, 1.82) is 0 Å². The van der Waals surface area contributed by atoms with E-state index in [4.69, 9.17) is 4.74 Å². The summed E-state index contributed by atoms with van der Waals surface area (Å²) in [6, 6.07) is 12.9. The maximum absolute atomic E-state index is 12.4. The normalized spacial score (nSPS) is 10.3. The van der Waals surface area contributed by atoms with Crippen molar-refractivity contribution in [2.75, 3.05) is 12.4 Å². The Bertz CT molecular complexity index is 921. The second-order valence-corrected chi connectivity index (χ2v) is 5.50. The van der Waals surface area contributed by atoms with Gasteiger partial charge in [-0.25, -0.2) is 0 Å². The molecular weight excluding hydrogens is 336 g/mol. The van der Waals surface area contributed by atoms with Crippen LogP contribution in [0.4, 0.5) is 11.4 Å². The minimum absolute atomic E-state index is 0.129. The van der Waals surface area contributed by atoms with Crippen LogP contribution in [0.1, 0.15) is 15.9 Å². The molecule has 0 radical (unpaired) electrons. The first kappa shape index (κ1) is 17.2. The van der Waals surface area contributed by atoms with Crippen LogP contribution >= 0.6 is 0 Å². The lowest BCUT2D eigenvalue weighted by Gasteiger charge is -2.10.